The number of fused-ring (bicyclic) bond motifs is 1. The minimum absolute atomic E-state index is 0.203. The molecule has 0 bridgehead atoms. The summed E-state index contributed by atoms with van der Waals surface area (Å²) in [5, 5.41) is 5.85. The van der Waals surface area contributed by atoms with Gasteiger partial charge in [0.2, 0.25) is 5.91 Å². The van der Waals surface area contributed by atoms with Gasteiger partial charge in [-0.15, -0.1) is 11.3 Å². The van der Waals surface area contributed by atoms with E-state index < -0.39 is 5.56 Å². The summed E-state index contributed by atoms with van der Waals surface area (Å²) in [6, 6.07) is 7.15. The van der Waals surface area contributed by atoms with Gasteiger partial charge in [-0.25, -0.2) is 14.5 Å². The predicted octanol–water partition coefficient (Wildman–Crippen LogP) is 2.78. The quantitative estimate of drug-likeness (QED) is 0.575. The van der Waals surface area contributed by atoms with E-state index in [0.717, 1.165) is 10.6 Å². The number of thiazole rings is 1. The molecule has 1 aliphatic heterocycles. The topological polar surface area (TPSA) is 97.6 Å². The average Bonchev–Trinajstić information content (AvgIpc) is 3.18. The van der Waals surface area contributed by atoms with Crippen LogP contribution in [0, 0.1) is 6.92 Å². The van der Waals surface area contributed by atoms with Crippen molar-refractivity contribution >= 4 is 45.2 Å². The van der Waals surface area contributed by atoms with E-state index in [9.17, 15) is 14.4 Å². The zero-order valence-electron chi connectivity index (χ0n) is 17.7. The van der Waals surface area contributed by atoms with Gasteiger partial charge in [0.05, 0.1) is 16.3 Å². The molecule has 9 nitrogen and oxygen atoms in total. The van der Waals surface area contributed by atoms with Crippen molar-refractivity contribution in [2.24, 2.45) is 0 Å². The van der Waals surface area contributed by atoms with Crippen molar-refractivity contribution < 1.29 is 14.3 Å². The van der Waals surface area contributed by atoms with Crippen molar-refractivity contribution in [1.82, 2.24) is 24.6 Å². The van der Waals surface area contributed by atoms with Crippen LogP contribution >= 0.6 is 22.9 Å². The van der Waals surface area contributed by atoms with Gasteiger partial charge in [0.25, 0.3) is 5.56 Å². The highest BCUT2D eigenvalue weighted by Gasteiger charge is 2.26. The first kappa shape index (κ1) is 22.2. The fourth-order valence-electron chi connectivity index (χ4n) is 3.55. The minimum Gasteiger partial charge on any atom is -0.450 e. The Kier molecular flexibility index (Phi) is 6.43. The summed E-state index contributed by atoms with van der Waals surface area (Å²) in [7, 11) is 0. The minimum atomic E-state index is -0.402. The van der Waals surface area contributed by atoms with Crippen molar-refractivity contribution in [1.29, 1.82) is 0 Å². The number of aromatic nitrogens is 3. The molecule has 4 rings (SSSR count). The molecule has 0 radical (unpaired) electrons. The number of ether oxygens (including phenoxy) is 1. The maximum absolute atomic E-state index is 13.0. The van der Waals surface area contributed by atoms with E-state index in [2.05, 4.69) is 10.1 Å². The van der Waals surface area contributed by atoms with Gasteiger partial charge in [0.15, 0.2) is 5.52 Å². The van der Waals surface area contributed by atoms with E-state index in [1.165, 1.54) is 16.0 Å². The first-order valence-electron chi connectivity index (χ1n) is 10.2. The molecule has 1 aliphatic rings. The second-order valence-electron chi connectivity index (χ2n) is 7.30. The molecule has 0 saturated carbocycles. The lowest BCUT2D eigenvalue weighted by Crippen LogP contribution is -2.51. The number of hydrogen-bond acceptors (Lipinski definition) is 7. The highest BCUT2D eigenvalue weighted by Crippen LogP contribution is 2.30. The van der Waals surface area contributed by atoms with Gasteiger partial charge in [-0.3, -0.25) is 9.59 Å². The number of piperazine rings is 1. The molecule has 2 amide bonds. The number of aryl methyl sites for hydroxylation is 1. The number of nitrogens with zero attached hydrogens (tertiary/aromatic N) is 5. The molecule has 32 heavy (non-hydrogen) atoms. The highest BCUT2D eigenvalue weighted by molar-refractivity contribution is 7.19. The normalized spacial score (nSPS) is 14.1. The van der Waals surface area contributed by atoms with Crippen molar-refractivity contribution in [2.75, 3.05) is 32.8 Å². The van der Waals surface area contributed by atoms with Crippen molar-refractivity contribution in [2.45, 2.75) is 20.4 Å². The Morgan fingerprint density at radius 2 is 1.78 bits per heavy atom. The monoisotopic (exact) mass is 475 g/mol. The van der Waals surface area contributed by atoms with Crippen LogP contribution < -0.4 is 5.56 Å². The molecule has 1 aromatic carbocycles. The Morgan fingerprint density at radius 3 is 2.44 bits per heavy atom. The van der Waals surface area contributed by atoms with Crippen molar-refractivity contribution in [3.05, 3.63) is 44.6 Å². The molecule has 1 fully saturated rings. The van der Waals surface area contributed by atoms with Gasteiger partial charge in [-0.1, -0.05) is 23.7 Å². The Morgan fingerprint density at radius 1 is 1.12 bits per heavy atom. The van der Waals surface area contributed by atoms with E-state index in [4.69, 9.17) is 16.3 Å². The second-order valence-corrected chi connectivity index (χ2v) is 8.94. The lowest BCUT2D eigenvalue weighted by molar-refractivity contribution is -0.133. The molecule has 0 unspecified atom stereocenters. The lowest BCUT2D eigenvalue weighted by atomic mass is 10.1. The fraction of sp³-hybridized carbons (Fsp3) is 0.381. The fourth-order valence-corrected chi connectivity index (χ4v) is 4.59. The molecule has 3 heterocycles. The molecule has 0 atom stereocenters. The van der Waals surface area contributed by atoms with Gasteiger partial charge >= 0.3 is 6.09 Å². The maximum Gasteiger partial charge on any atom is 0.409 e. The molecular weight excluding hydrogens is 454 g/mol. The standard InChI is InChI=1S/C21H22ClN5O4S/c1-3-31-21(30)26-10-8-25(9-11-26)16(28)12-27-20(29)18-19(32-13(2)23-18)17(24-27)14-4-6-15(22)7-5-14/h4-7H,3,8-12H2,1-2H3. The molecule has 168 valence electrons. The lowest BCUT2D eigenvalue weighted by Gasteiger charge is -2.34. The summed E-state index contributed by atoms with van der Waals surface area (Å²) < 4.78 is 6.86. The second kappa shape index (κ2) is 9.25. The van der Waals surface area contributed by atoms with E-state index in [0.29, 0.717) is 53.7 Å². The number of carbonyl (C=O) groups excluding carboxylic acids is 2. The summed E-state index contributed by atoms with van der Waals surface area (Å²) in [5.74, 6) is -0.239. The molecule has 1 saturated heterocycles. The van der Waals surface area contributed by atoms with Crippen LogP contribution in [0.3, 0.4) is 0 Å². The van der Waals surface area contributed by atoms with Crippen LogP contribution in [0.1, 0.15) is 11.9 Å². The molecule has 0 aliphatic carbocycles. The molecule has 2 aromatic heterocycles. The number of benzene rings is 1. The summed E-state index contributed by atoms with van der Waals surface area (Å²) >= 11 is 7.40. The van der Waals surface area contributed by atoms with Gasteiger partial charge in [-0.05, 0) is 26.0 Å². The SMILES string of the molecule is CCOC(=O)N1CCN(C(=O)Cn2nc(-c3ccc(Cl)cc3)c3sc(C)nc3c2=O)CC1. The first-order chi connectivity index (χ1) is 15.4. The highest BCUT2D eigenvalue weighted by atomic mass is 35.5. The Bertz CT molecular complexity index is 1220. The van der Waals surface area contributed by atoms with Crippen LogP contribution in [0.15, 0.2) is 29.1 Å². The number of rotatable bonds is 4. The van der Waals surface area contributed by atoms with E-state index in [-0.39, 0.29) is 18.5 Å². The smallest absolute Gasteiger partial charge is 0.409 e. The summed E-state index contributed by atoms with van der Waals surface area (Å²) in [6.45, 7) is 5.19. The van der Waals surface area contributed by atoms with Crippen molar-refractivity contribution in [3.8, 4) is 11.3 Å². The zero-order valence-corrected chi connectivity index (χ0v) is 19.3. The third-order valence-electron chi connectivity index (χ3n) is 5.17. The zero-order chi connectivity index (χ0) is 22.8. The summed E-state index contributed by atoms with van der Waals surface area (Å²) in [6.07, 6.45) is -0.380. The number of amides is 2. The number of carbonyl (C=O) groups is 2. The summed E-state index contributed by atoms with van der Waals surface area (Å²) in [5.41, 5.74) is 1.27. The Labute approximate surface area is 193 Å². The largest absolute Gasteiger partial charge is 0.450 e. The number of halogens is 1. The number of hydrogen-bond donors (Lipinski definition) is 0. The maximum atomic E-state index is 13.0. The van der Waals surface area contributed by atoms with Gasteiger partial charge < -0.3 is 14.5 Å². The third kappa shape index (κ3) is 4.46. The van der Waals surface area contributed by atoms with Gasteiger partial charge in [0, 0.05) is 36.8 Å². The van der Waals surface area contributed by atoms with Crippen LogP contribution in [0.2, 0.25) is 5.02 Å². The Hall–Kier alpha value is -2.98. The Balaban J connectivity index is 1.59. The van der Waals surface area contributed by atoms with Crippen LogP contribution in [0.5, 0.6) is 0 Å². The molecule has 11 heteroatoms. The third-order valence-corrected chi connectivity index (χ3v) is 6.40. The molecule has 0 N–H and O–H groups in total. The van der Waals surface area contributed by atoms with Crippen LogP contribution in [0.25, 0.3) is 21.5 Å². The summed E-state index contributed by atoms with van der Waals surface area (Å²) in [4.78, 5) is 45.3. The van der Waals surface area contributed by atoms with E-state index in [1.807, 2.05) is 19.1 Å². The van der Waals surface area contributed by atoms with Crippen LogP contribution in [-0.4, -0.2) is 69.4 Å². The molecular formula is C21H22ClN5O4S. The first-order valence-corrected chi connectivity index (χ1v) is 11.4. The van der Waals surface area contributed by atoms with Crippen LogP contribution in [0.4, 0.5) is 4.79 Å². The van der Waals surface area contributed by atoms with E-state index in [1.54, 1.807) is 28.9 Å². The molecule has 3 aromatic rings. The van der Waals surface area contributed by atoms with E-state index >= 15 is 0 Å². The van der Waals surface area contributed by atoms with Gasteiger partial charge in [0.1, 0.15) is 12.2 Å². The van der Waals surface area contributed by atoms with Crippen LogP contribution in [-0.2, 0) is 16.1 Å². The van der Waals surface area contributed by atoms with Gasteiger partial charge in [-0.2, -0.15) is 5.10 Å². The average molecular weight is 476 g/mol. The molecule has 0 spiro atoms. The predicted molar refractivity (Wildman–Crippen MR) is 122 cm³/mol. The van der Waals surface area contributed by atoms with Crippen molar-refractivity contribution in [3.63, 3.8) is 0 Å².